The minimum atomic E-state index is 0.557. The van der Waals surface area contributed by atoms with Crippen molar-refractivity contribution in [3.63, 3.8) is 0 Å². The van der Waals surface area contributed by atoms with Gasteiger partial charge >= 0.3 is 0 Å². The molecule has 3 nitrogen and oxygen atoms in total. The zero-order valence-electron chi connectivity index (χ0n) is 28.0. The second kappa shape index (κ2) is 20.0. The van der Waals surface area contributed by atoms with Gasteiger partial charge in [0.25, 0.3) is 0 Å². The smallest absolute Gasteiger partial charge is 0.155 e. The fourth-order valence-electron chi connectivity index (χ4n) is 8.96. The molecule has 1 aromatic rings. The SMILES string of the molecule is CCCCCCCCCCCCOc1cnc([C@H]2CC[C@H]([C@H]3CC[C@H]([C@H]4CC[C@H](CCCCC)CC4)CC3)CC2)nc1. The maximum Gasteiger partial charge on any atom is 0.155 e. The van der Waals surface area contributed by atoms with E-state index in [1.807, 2.05) is 12.4 Å². The van der Waals surface area contributed by atoms with Crippen LogP contribution in [0, 0.1) is 29.6 Å². The summed E-state index contributed by atoms with van der Waals surface area (Å²) in [4.78, 5) is 9.52. The summed E-state index contributed by atoms with van der Waals surface area (Å²) >= 11 is 0. The molecule has 3 saturated carbocycles. The molecule has 1 heterocycles. The van der Waals surface area contributed by atoms with Gasteiger partial charge in [-0.05, 0) is 100 Å². The van der Waals surface area contributed by atoms with Gasteiger partial charge in [-0.3, -0.25) is 0 Å². The fraction of sp³-hybridized carbons (Fsp3) is 0.897. The lowest BCUT2D eigenvalue weighted by atomic mass is 9.65. The Balaban J connectivity index is 1.04. The van der Waals surface area contributed by atoms with E-state index < -0.39 is 0 Å². The molecule has 0 aliphatic heterocycles. The van der Waals surface area contributed by atoms with Crippen molar-refractivity contribution >= 4 is 0 Å². The average molecular weight is 581 g/mol. The van der Waals surface area contributed by atoms with E-state index in [2.05, 4.69) is 13.8 Å². The van der Waals surface area contributed by atoms with Gasteiger partial charge in [0.2, 0.25) is 0 Å². The fourth-order valence-corrected chi connectivity index (χ4v) is 8.96. The van der Waals surface area contributed by atoms with Gasteiger partial charge in [-0.15, -0.1) is 0 Å². The van der Waals surface area contributed by atoms with E-state index in [4.69, 9.17) is 14.7 Å². The Labute approximate surface area is 261 Å². The monoisotopic (exact) mass is 581 g/mol. The Morgan fingerprint density at radius 2 is 0.952 bits per heavy atom. The van der Waals surface area contributed by atoms with E-state index in [9.17, 15) is 0 Å². The molecule has 0 unspecified atom stereocenters. The second-order valence-electron chi connectivity index (χ2n) is 14.9. The van der Waals surface area contributed by atoms with E-state index in [-0.39, 0.29) is 0 Å². The molecular formula is C39H68N2O. The molecule has 0 N–H and O–H groups in total. The number of aromatic nitrogens is 2. The number of unbranched alkanes of at least 4 members (excludes halogenated alkanes) is 11. The zero-order valence-corrected chi connectivity index (χ0v) is 28.0. The topological polar surface area (TPSA) is 35.0 Å². The first-order chi connectivity index (χ1) is 20.8. The highest BCUT2D eigenvalue weighted by atomic mass is 16.5. The van der Waals surface area contributed by atoms with Crippen LogP contribution in [0.4, 0.5) is 0 Å². The van der Waals surface area contributed by atoms with Crippen molar-refractivity contribution < 1.29 is 4.74 Å². The number of hydrogen-bond acceptors (Lipinski definition) is 3. The molecule has 0 aromatic carbocycles. The van der Waals surface area contributed by atoms with Crippen molar-refractivity contribution in [3.8, 4) is 5.75 Å². The summed E-state index contributed by atoms with van der Waals surface area (Å²) in [5.74, 6) is 7.59. The Kier molecular flexibility index (Phi) is 16.1. The minimum absolute atomic E-state index is 0.557. The van der Waals surface area contributed by atoms with Gasteiger partial charge in [-0.1, -0.05) is 110 Å². The van der Waals surface area contributed by atoms with Crippen LogP contribution in [0.25, 0.3) is 0 Å². The third kappa shape index (κ3) is 11.8. The Morgan fingerprint density at radius 3 is 1.48 bits per heavy atom. The highest BCUT2D eigenvalue weighted by molar-refractivity contribution is 5.14. The van der Waals surface area contributed by atoms with E-state index >= 15 is 0 Å². The number of nitrogens with zero attached hydrogens (tertiary/aromatic N) is 2. The van der Waals surface area contributed by atoms with Crippen LogP contribution < -0.4 is 4.74 Å². The molecule has 3 aliphatic carbocycles. The highest BCUT2D eigenvalue weighted by Gasteiger charge is 2.35. The van der Waals surface area contributed by atoms with E-state index in [0.717, 1.165) is 54.2 Å². The van der Waals surface area contributed by atoms with Gasteiger partial charge in [-0.2, -0.15) is 0 Å². The third-order valence-corrected chi connectivity index (χ3v) is 11.8. The van der Waals surface area contributed by atoms with Gasteiger partial charge in [0.15, 0.2) is 5.75 Å². The zero-order chi connectivity index (χ0) is 29.2. The van der Waals surface area contributed by atoms with Gasteiger partial charge in [0, 0.05) is 5.92 Å². The highest BCUT2D eigenvalue weighted by Crippen LogP contribution is 2.47. The van der Waals surface area contributed by atoms with Crippen LogP contribution in [0.1, 0.15) is 193 Å². The maximum atomic E-state index is 5.97. The second-order valence-corrected chi connectivity index (χ2v) is 14.9. The lowest BCUT2D eigenvalue weighted by Gasteiger charge is -2.41. The normalized spacial score (nSPS) is 28.5. The van der Waals surface area contributed by atoms with Gasteiger partial charge in [-0.25, -0.2) is 9.97 Å². The summed E-state index contributed by atoms with van der Waals surface area (Å²) in [7, 11) is 0. The first kappa shape index (κ1) is 33.8. The molecule has 0 amide bonds. The molecule has 0 spiro atoms. The van der Waals surface area contributed by atoms with Crippen LogP contribution in [-0.4, -0.2) is 16.6 Å². The van der Waals surface area contributed by atoms with Crippen molar-refractivity contribution in [3.05, 3.63) is 18.2 Å². The maximum absolute atomic E-state index is 5.97. The molecule has 0 atom stereocenters. The summed E-state index contributed by atoms with van der Waals surface area (Å²) in [6.45, 7) is 5.42. The molecule has 1 aromatic heterocycles. The summed E-state index contributed by atoms with van der Waals surface area (Å²) in [6.07, 6.45) is 40.8. The van der Waals surface area contributed by atoms with Gasteiger partial charge in [0.1, 0.15) is 5.82 Å². The van der Waals surface area contributed by atoms with Crippen LogP contribution in [0.5, 0.6) is 5.75 Å². The summed E-state index contributed by atoms with van der Waals surface area (Å²) in [5, 5.41) is 0. The quantitative estimate of drug-likeness (QED) is 0.153. The van der Waals surface area contributed by atoms with Crippen LogP contribution >= 0.6 is 0 Å². The number of rotatable bonds is 19. The van der Waals surface area contributed by atoms with Gasteiger partial charge in [0.05, 0.1) is 19.0 Å². The molecular weight excluding hydrogens is 512 g/mol. The van der Waals surface area contributed by atoms with E-state index in [0.29, 0.717) is 5.92 Å². The molecule has 3 heteroatoms. The average Bonchev–Trinajstić information content (AvgIpc) is 3.05. The van der Waals surface area contributed by atoms with Crippen LogP contribution in [-0.2, 0) is 0 Å². The van der Waals surface area contributed by atoms with Crippen LogP contribution in [0.2, 0.25) is 0 Å². The minimum Gasteiger partial charge on any atom is -0.490 e. The van der Waals surface area contributed by atoms with Crippen molar-refractivity contribution in [1.29, 1.82) is 0 Å². The molecule has 0 saturated heterocycles. The molecule has 3 fully saturated rings. The predicted molar refractivity (Wildman–Crippen MR) is 179 cm³/mol. The van der Waals surface area contributed by atoms with E-state index in [1.54, 1.807) is 12.8 Å². The summed E-state index contributed by atoms with van der Waals surface area (Å²) < 4.78 is 5.97. The standard InChI is InChI=1S/C39H68N2O/c1-3-5-7-8-9-10-11-12-13-15-29-42-38-30-40-39(41-31-38)37-27-25-36(26-28-37)35-23-21-34(22-24-35)33-19-17-32(18-20-33)16-14-6-4-2/h30-37H,3-29H2,1-2H3/t32-,33-,34-,35-,36-,37-. The summed E-state index contributed by atoms with van der Waals surface area (Å²) in [5.41, 5.74) is 0. The lowest BCUT2D eigenvalue weighted by Crippen LogP contribution is -2.29. The Hall–Kier alpha value is -1.12. The Bertz CT molecular complexity index is 785. The summed E-state index contributed by atoms with van der Waals surface area (Å²) in [6, 6.07) is 0. The number of ether oxygens (including phenoxy) is 1. The molecule has 240 valence electrons. The van der Waals surface area contributed by atoms with Gasteiger partial charge < -0.3 is 4.74 Å². The van der Waals surface area contributed by atoms with Crippen LogP contribution in [0.15, 0.2) is 12.4 Å². The number of hydrogen-bond donors (Lipinski definition) is 0. The van der Waals surface area contributed by atoms with Crippen molar-refractivity contribution in [2.45, 2.75) is 187 Å². The van der Waals surface area contributed by atoms with Crippen molar-refractivity contribution in [2.75, 3.05) is 6.61 Å². The van der Waals surface area contributed by atoms with Crippen LogP contribution in [0.3, 0.4) is 0 Å². The first-order valence-electron chi connectivity index (χ1n) is 19.2. The van der Waals surface area contributed by atoms with Crippen molar-refractivity contribution in [2.24, 2.45) is 29.6 Å². The molecule has 3 aliphatic rings. The van der Waals surface area contributed by atoms with E-state index in [1.165, 1.54) is 148 Å². The largest absolute Gasteiger partial charge is 0.490 e. The predicted octanol–water partition coefficient (Wildman–Crippen LogP) is 12.2. The molecule has 0 bridgehead atoms. The van der Waals surface area contributed by atoms with Crippen molar-refractivity contribution in [1.82, 2.24) is 9.97 Å². The Morgan fingerprint density at radius 1 is 0.524 bits per heavy atom. The lowest BCUT2D eigenvalue weighted by molar-refractivity contribution is 0.108. The molecule has 0 radical (unpaired) electrons. The molecule has 42 heavy (non-hydrogen) atoms. The molecule has 4 rings (SSSR count). The first-order valence-corrected chi connectivity index (χ1v) is 19.2. The third-order valence-electron chi connectivity index (χ3n) is 11.8.